The Balaban J connectivity index is 2.59. The lowest BCUT2D eigenvalue weighted by atomic mass is 9.81. The molecule has 1 aromatic rings. The Bertz CT molecular complexity index is 385. The van der Waals surface area contributed by atoms with E-state index in [0.29, 0.717) is 12.1 Å². The van der Waals surface area contributed by atoms with Crippen molar-refractivity contribution in [2.75, 3.05) is 0 Å². The Labute approximate surface area is 81.5 Å². The van der Waals surface area contributed by atoms with E-state index in [1.54, 1.807) is 17.9 Å². The van der Waals surface area contributed by atoms with Crippen LogP contribution in [0.4, 0.5) is 0 Å². The minimum atomic E-state index is -1.25. The molecule has 3 N–H and O–H groups in total. The molecule has 0 saturated heterocycles. The first-order valence-corrected chi connectivity index (χ1v) is 4.59. The highest BCUT2D eigenvalue weighted by Crippen LogP contribution is 2.32. The molecule has 14 heavy (non-hydrogen) atoms. The summed E-state index contributed by atoms with van der Waals surface area (Å²) in [7, 11) is 1.73. The van der Waals surface area contributed by atoms with E-state index in [4.69, 9.17) is 10.8 Å². The van der Waals surface area contributed by atoms with Crippen LogP contribution in [0.2, 0.25) is 0 Å². The molecular weight excluding hydrogens is 182 g/mol. The first-order valence-electron chi connectivity index (χ1n) is 4.59. The van der Waals surface area contributed by atoms with Gasteiger partial charge in [0.25, 0.3) is 0 Å². The highest BCUT2D eigenvalue weighted by atomic mass is 16.4. The second-order valence-corrected chi connectivity index (χ2v) is 3.77. The summed E-state index contributed by atoms with van der Waals surface area (Å²) in [6.07, 6.45) is 3.87. The molecule has 0 fully saturated rings. The van der Waals surface area contributed by atoms with E-state index in [9.17, 15) is 4.79 Å². The zero-order valence-electron chi connectivity index (χ0n) is 8.03. The van der Waals surface area contributed by atoms with Gasteiger partial charge in [-0.1, -0.05) is 0 Å². The van der Waals surface area contributed by atoms with Crippen LogP contribution in [0.5, 0.6) is 0 Å². The summed E-state index contributed by atoms with van der Waals surface area (Å²) in [4.78, 5) is 11.1. The van der Waals surface area contributed by atoms with Crippen molar-refractivity contribution in [3.8, 4) is 0 Å². The summed E-state index contributed by atoms with van der Waals surface area (Å²) in [6, 6.07) is 0. The fraction of sp³-hybridized carbons (Fsp3) is 0.556. The molecule has 2 rings (SSSR count). The molecule has 1 atom stereocenters. The number of carboxylic acids is 1. The number of aryl methyl sites for hydroxylation is 2. The van der Waals surface area contributed by atoms with Crippen molar-refractivity contribution in [3.63, 3.8) is 0 Å². The fourth-order valence-corrected chi connectivity index (χ4v) is 2.13. The SMILES string of the molecule is Cn1ncc2c1C(N)(C(=O)O)CCC2. The van der Waals surface area contributed by atoms with Crippen LogP contribution in [-0.2, 0) is 23.8 Å². The number of hydrogen-bond donors (Lipinski definition) is 2. The van der Waals surface area contributed by atoms with Crippen LogP contribution in [0.15, 0.2) is 6.20 Å². The van der Waals surface area contributed by atoms with Crippen molar-refractivity contribution in [1.29, 1.82) is 0 Å². The maximum absolute atomic E-state index is 11.1. The monoisotopic (exact) mass is 195 g/mol. The number of nitrogens with zero attached hydrogens (tertiary/aromatic N) is 2. The summed E-state index contributed by atoms with van der Waals surface area (Å²) in [5.74, 6) is -0.970. The van der Waals surface area contributed by atoms with Gasteiger partial charge >= 0.3 is 5.97 Å². The van der Waals surface area contributed by atoms with Crippen molar-refractivity contribution >= 4 is 5.97 Å². The molecule has 0 radical (unpaired) electrons. The van der Waals surface area contributed by atoms with Gasteiger partial charge in [0, 0.05) is 7.05 Å². The molecule has 5 heteroatoms. The molecule has 0 bridgehead atoms. The lowest BCUT2D eigenvalue weighted by molar-refractivity contribution is -0.144. The van der Waals surface area contributed by atoms with Crippen LogP contribution in [0.3, 0.4) is 0 Å². The van der Waals surface area contributed by atoms with Crippen molar-refractivity contribution in [2.45, 2.75) is 24.8 Å². The molecule has 0 amide bonds. The molecule has 0 aliphatic heterocycles. The topological polar surface area (TPSA) is 81.1 Å². The number of nitrogens with two attached hydrogens (primary N) is 1. The summed E-state index contributed by atoms with van der Waals surface area (Å²) >= 11 is 0. The average Bonchev–Trinajstić information content (AvgIpc) is 2.49. The van der Waals surface area contributed by atoms with Crippen LogP contribution in [0, 0.1) is 0 Å². The highest BCUT2D eigenvalue weighted by Gasteiger charge is 2.42. The van der Waals surface area contributed by atoms with Gasteiger partial charge in [-0.2, -0.15) is 5.10 Å². The van der Waals surface area contributed by atoms with Crippen LogP contribution < -0.4 is 5.73 Å². The molecular formula is C9H13N3O2. The van der Waals surface area contributed by atoms with Crippen molar-refractivity contribution in [1.82, 2.24) is 9.78 Å². The zero-order chi connectivity index (χ0) is 10.3. The Morgan fingerprint density at radius 2 is 2.50 bits per heavy atom. The van der Waals surface area contributed by atoms with E-state index in [0.717, 1.165) is 18.4 Å². The van der Waals surface area contributed by atoms with Gasteiger partial charge in [0.05, 0.1) is 11.9 Å². The van der Waals surface area contributed by atoms with Crippen molar-refractivity contribution in [2.24, 2.45) is 12.8 Å². The third-order valence-corrected chi connectivity index (χ3v) is 2.84. The number of rotatable bonds is 1. The third kappa shape index (κ3) is 1.05. The van der Waals surface area contributed by atoms with Crippen LogP contribution in [-0.4, -0.2) is 20.9 Å². The van der Waals surface area contributed by atoms with Gasteiger partial charge in [-0.25, -0.2) is 4.79 Å². The number of hydrogen-bond acceptors (Lipinski definition) is 3. The summed E-state index contributed by atoms with van der Waals surface area (Å²) in [6.45, 7) is 0. The summed E-state index contributed by atoms with van der Waals surface area (Å²) in [5, 5.41) is 13.2. The molecule has 1 aliphatic carbocycles. The Kier molecular flexibility index (Phi) is 1.85. The standard InChI is InChI=1S/C9H13N3O2/c1-12-7-6(5-11-12)3-2-4-9(7,10)8(13)14/h5H,2-4,10H2,1H3,(H,13,14). The molecule has 1 unspecified atom stereocenters. The van der Waals surface area contributed by atoms with E-state index >= 15 is 0 Å². The maximum atomic E-state index is 11.1. The van der Waals surface area contributed by atoms with Gasteiger partial charge in [-0.15, -0.1) is 0 Å². The molecule has 1 aliphatic rings. The molecule has 1 heterocycles. The normalized spacial score (nSPS) is 25.9. The van der Waals surface area contributed by atoms with E-state index in [1.807, 2.05) is 0 Å². The van der Waals surface area contributed by atoms with Gasteiger partial charge in [-0.05, 0) is 24.8 Å². The second kappa shape index (κ2) is 2.81. The summed E-state index contributed by atoms with van der Waals surface area (Å²) in [5.41, 5.74) is 6.26. The van der Waals surface area contributed by atoms with Gasteiger partial charge in [0.2, 0.25) is 0 Å². The first kappa shape index (κ1) is 9.21. The lowest BCUT2D eigenvalue weighted by Gasteiger charge is -2.29. The molecule has 1 aromatic heterocycles. The van der Waals surface area contributed by atoms with E-state index < -0.39 is 11.5 Å². The smallest absolute Gasteiger partial charge is 0.329 e. The second-order valence-electron chi connectivity index (χ2n) is 3.77. The van der Waals surface area contributed by atoms with E-state index in [-0.39, 0.29) is 0 Å². The van der Waals surface area contributed by atoms with Crippen LogP contribution >= 0.6 is 0 Å². The first-order chi connectivity index (χ1) is 6.55. The maximum Gasteiger partial charge on any atom is 0.329 e. The molecule has 0 aromatic carbocycles. The van der Waals surface area contributed by atoms with Gasteiger partial charge < -0.3 is 10.8 Å². The third-order valence-electron chi connectivity index (χ3n) is 2.84. The van der Waals surface area contributed by atoms with E-state index in [2.05, 4.69) is 5.10 Å². The van der Waals surface area contributed by atoms with Crippen LogP contribution in [0.1, 0.15) is 24.1 Å². The number of aliphatic carboxylic acids is 1. The number of fused-ring (bicyclic) bond motifs is 1. The minimum absolute atomic E-state index is 0.481. The van der Waals surface area contributed by atoms with Gasteiger partial charge in [-0.3, -0.25) is 4.68 Å². The largest absolute Gasteiger partial charge is 0.480 e. The Morgan fingerprint density at radius 1 is 1.79 bits per heavy atom. The van der Waals surface area contributed by atoms with Crippen molar-refractivity contribution in [3.05, 3.63) is 17.5 Å². The Morgan fingerprint density at radius 3 is 3.14 bits per heavy atom. The number of carboxylic acid groups (broad SMARTS) is 1. The van der Waals surface area contributed by atoms with Crippen LogP contribution in [0.25, 0.3) is 0 Å². The van der Waals surface area contributed by atoms with E-state index in [1.165, 1.54) is 0 Å². The summed E-state index contributed by atoms with van der Waals surface area (Å²) < 4.78 is 1.57. The van der Waals surface area contributed by atoms with Crippen molar-refractivity contribution < 1.29 is 9.90 Å². The number of aromatic nitrogens is 2. The fourth-order valence-electron chi connectivity index (χ4n) is 2.13. The average molecular weight is 195 g/mol. The Hall–Kier alpha value is -1.36. The predicted octanol–water partition coefficient (Wildman–Crippen LogP) is -0.00500. The zero-order valence-corrected chi connectivity index (χ0v) is 8.03. The van der Waals surface area contributed by atoms with Gasteiger partial charge in [0.1, 0.15) is 0 Å². The molecule has 0 saturated carbocycles. The predicted molar refractivity (Wildman–Crippen MR) is 49.6 cm³/mol. The highest BCUT2D eigenvalue weighted by molar-refractivity contribution is 5.80. The lowest BCUT2D eigenvalue weighted by Crippen LogP contribution is -2.48. The minimum Gasteiger partial charge on any atom is -0.480 e. The molecule has 5 nitrogen and oxygen atoms in total. The quantitative estimate of drug-likeness (QED) is 0.660. The number of carbonyl (C=O) groups is 1. The molecule has 0 spiro atoms. The molecule has 76 valence electrons. The van der Waals surface area contributed by atoms with Gasteiger partial charge in [0.15, 0.2) is 5.54 Å².